The lowest BCUT2D eigenvalue weighted by Crippen LogP contribution is -2.52. The van der Waals surface area contributed by atoms with Crippen molar-refractivity contribution in [3.05, 3.63) is 29.3 Å². The Kier molecular flexibility index (Phi) is 5.79. The molecule has 0 saturated heterocycles. The minimum Gasteiger partial charge on any atom is -0.491 e. The number of ether oxygens (including phenoxy) is 1. The van der Waals surface area contributed by atoms with Gasteiger partial charge in [0.25, 0.3) is 5.89 Å². The van der Waals surface area contributed by atoms with Crippen molar-refractivity contribution in [1.29, 1.82) is 0 Å². The molecule has 1 aliphatic carbocycles. The van der Waals surface area contributed by atoms with Crippen LogP contribution in [0.5, 0.6) is 5.75 Å². The van der Waals surface area contributed by atoms with E-state index in [2.05, 4.69) is 36.3 Å². The molecular weight excluding hydrogens is 418 g/mol. The standard InChI is InChI=1S/C23H28F2N4O3/c1-13-7-18(20-28-29-21(32-20)26-14-10-23(30,11-14)12-25)27-19-16(13)8-15(31-6-5-24)9-17(19)22(2,3)4/h7-9,14,30H,5-6,10-12H2,1-4H3,(H,26,29). The zero-order valence-electron chi connectivity index (χ0n) is 18.7. The molecule has 1 aliphatic rings. The van der Waals surface area contributed by atoms with Gasteiger partial charge in [0.2, 0.25) is 0 Å². The molecule has 0 atom stereocenters. The Hall–Kier alpha value is -2.81. The molecule has 4 rings (SSSR count). The van der Waals surface area contributed by atoms with Crippen LogP contribution in [0.2, 0.25) is 0 Å². The first-order chi connectivity index (χ1) is 15.1. The molecule has 0 radical (unpaired) electrons. The normalized spacial score (nSPS) is 20.9. The molecule has 9 heteroatoms. The van der Waals surface area contributed by atoms with Crippen LogP contribution in [-0.2, 0) is 5.41 Å². The van der Waals surface area contributed by atoms with Gasteiger partial charge in [-0.05, 0) is 54.5 Å². The molecule has 2 aromatic heterocycles. The maximum atomic E-state index is 12.8. The average molecular weight is 446 g/mol. The molecule has 0 bridgehead atoms. The first-order valence-electron chi connectivity index (χ1n) is 10.7. The van der Waals surface area contributed by atoms with Crippen LogP contribution in [0.25, 0.3) is 22.5 Å². The largest absolute Gasteiger partial charge is 0.491 e. The van der Waals surface area contributed by atoms with E-state index in [0.29, 0.717) is 11.4 Å². The van der Waals surface area contributed by atoms with Crippen LogP contribution in [-0.4, -0.2) is 51.9 Å². The van der Waals surface area contributed by atoms with Crippen LogP contribution in [0.4, 0.5) is 14.8 Å². The van der Waals surface area contributed by atoms with Gasteiger partial charge in [0.1, 0.15) is 31.4 Å². The van der Waals surface area contributed by atoms with Gasteiger partial charge in [-0.1, -0.05) is 25.9 Å². The van der Waals surface area contributed by atoms with E-state index in [4.69, 9.17) is 14.1 Å². The monoisotopic (exact) mass is 446 g/mol. The molecule has 0 amide bonds. The van der Waals surface area contributed by atoms with Gasteiger partial charge in [-0.2, -0.15) is 0 Å². The highest BCUT2D eigenvalue weighted by atomic mass is 19.1. The number of halogens is 2. The van der Waals surface area contributed by atoms with Gasteiger partial charge in [-0.3, -0.25) is 0 Å². The number of alkyl halides is 2. The third kappa shape index (κ3) is 4.39. The number of hydrogen-bond acceptors (Lipinski definition) is 7. The molecule has 172 valence electrons. The number of aromatic nitrogens is 3. The van der Waals surface area contributed by atoms with Gasteiger partial charge in [0.05, 0.1) is 11.1 Å². The van der Waals surface area contributed by atoms with Crippen LogP contribution >= 0.6 is 0 Å². The summed E-state index contributed by atoms with van der Waals surface area (Å²) < 4.78 is 36.7. The van der Waals surface area contributed by atoms with Crippen LogP contribution in [0.3, 0.4) is 0 Å². The van der Waals surface area contributed by atoms with E-state index in [1.807, 2.05) is 25.1 Å². The Balaban J connectivity index is 1.66. The second-order valence-electron chi connectivity index (χ2n) is 9.50. The Morgan fingerprint density at radius 3 is 2.62 bits per heavy atom. The second-order valence-corrected chi connectivity index (χ2v) is 9.50. The molecule has 2 heterocycles. The van der Waals surface area contributed by atoms with Gasteiger partial charge in [0.15, 0.2) is 0 Å². The smallest absolute Gasteiger partial charge is 0.316 e. The molecule has 32 heavy (non-hydrogen) atoms. The van der Waals surface area contributed by atoms with Gasteiger partial charge >= 0.3 is 6.01 Å². The number of benzene rings is 1. The highest BCUT2D eigenvalue weighted by Gasteiger charge is 2.43. The zero-order chi connectivity index (χ0) is 23.1. The number of aryl methyl sites for hydroxylation is 1. The van der Waals surface area contributed by atoms with Crippen molar-refractivity contribution in [3.8, 4) is 17.3 Å². The molecule has 0 aliphatic heterocycles. The van der Waals surface area contributed by atoms with Crippen LogP contribution < -0.4 is 10.1 Å². The predicted molar refractivity (Wildman–Crippen MR) is 118 cm³/mol. The van der Waals surface area contributed by atoms with Crippen molar-refractivity contribution in [2.24, 2.45) is 0 Å². The number of hydrogen-bond donors (Lipinski definition) is 2. The summed E-state index contributed by atoms with van der Waals surface area (Å²) in [7, 11) is 0. The van der Waals surface area contributed by atoms with Gasteiger partial charge in [-0.15, -0.1) is 5.10 Å². The van der Waals surface area contributed by atoms with Gasteiger partial charge in [-0.25, -0.2) is 13.8 Å². The Labute approximate surface area is 185 Å². The highest BCUT2D eigenvalue weighted by Crippen LogP contribution is 2.37. The summed E-state index contributed by atoms with van der Waals surface area (Å²) >= 11 is 0. The molecule has 1 aromatic carbocycles. The summed E-state index contributed by atoms with van der Waals surface area (Å²) in [4.78, 5) is 4.81. The fourth-order valence-corrected chi connectivity index (χ4v) is 4.01. The molecule has 1 fully saturated rings. The lowest BCUT2D eigenvalue weighted by Gasteiger charge is -2.41. The predicted octanol–water partition coefficient (Wildman–Crippen LogP) is 4.51. The Morgan fingerprint density at radius 1 is 1.22 bits per heavy atom. The number of nitrogens with zero attached hydrogens (tertiary/aromatic N) is 3. The summed E-state index contributed by atoms with van der Waals surface area (Å²) in [6.45, 7) is 6.88. The fourth-order valence-electron chi connectivity index (χ4n) is 4.01. The van der Waals surface area contributed by atoms with E-state index in [1.165, 1.54) is 0 Å². The fraction of sp³-hybridized carbons (Fsp3) is 0.522. The maximum Gasteiger partial charge on any atom is 0.316 e. The summed E-state index contributed by atoms with van der Waals surface area (Å²) in [6.07, 6.45) is 0.576. The molecule has 3 aromatic rings. The molecule has 2 N–H and O–H groups in total. The van der Waals surface area contributed by atoms with Crippen molar-refractivity contribution >= 4 is 16.9 Å². The SMILES string of the molecule is Cc1cc(-c2nnc(NC3CC(O)(CF)C3)o2)nc2c(C(C)(C)C)cc(OCCF)cc12. The summed E-state index contributed by atoms with van der Waals surface area (Å²) in [5.41, 5.74) is 1.75. The highest BCUT2D eigenvalue weighted by molar-refractivity contribution is 5.89. The van der Waals surface area contributed by atoms with Crippen LogP contribution in [0.1, 0.15) is 44.7 Å². The van der Waals surface area contributed by atoms with E-state index in [0.717, 1.165) is 22.0 Å². The number of nitrogens with one attached hydrogen (secondary N) is 1. The van der Waals surface area contributed by atoms with Crippen molar-refractivity contribution < 1.29 is 23.0 Å². The van der Waals surface area contributed by atoms with Crippen molar-refractivity contribution in [2.45, 2.75) is 57.6 Å². The molecular formula is C23H28F2N4O3. The summed E-state index contributed by atoms with van der Waals surface area (Å²) in [5, 5.41) is 21.9. The quantitative estimate of drug-likeness (QED) is 0.551. The minimum absolute atomic E-state index is 0.00113. The van der Waals surface area contributed by atoms with Gasteiger partial charge in [0, 0.05) is 11.4 Å². The lowest BCUT2D eigenvalue weighted by molar-refractivity contribution is -0.0592. The molecule has 1 saturated carbocycles. The lowest BCUT2D eigenvalue weighted by atomic mass is 9.77. The van der Waals surface area contributed by atoms with Crippen molar-refractivity contribution in [1.82, 2.24) is 15.2 Å². The molecule has 7 nitrogen and oxygen atoms in total. The minimum atomic E-state index is -1.26. The maximum absolute atomic E-state index is 12.8. The van der Waals surface area contributed by atoms with Crippen molar-refractivity contribution in [2.75, 3.05) is 25.3 Å². The zero-order valence-corrected chi connectivity index (χ0v) is 18.7. The van der Waals surface area contributed by atoms with E-state index >= 15 is 0 Å². The molecule has 0 spiro atoms. The number of aliphatic hydroxyl groups is 1. The first-order valence-corrected chi connectivity index (χ1v) is 10.7. The molecule has 0 unspecified atom stereocenters. The van der Waals surface area contributed by atoms with Gasteiger partial charge < -0.3 is 19.6 Å². The van der Waals surface area contributed by atoms with Crippen LogP contribution in [0.15, 0.2) is 22.6 Å². The van der Waals surface area contributed by atoms with E-state index < -0.39 is 19.0 Å². The Morgan fingerprint density at radius 2 is 1.97 bits per heavy atom. The van der Waals surface area contributed by atoms with E-state index in [1.54, 1.807) is 0 Å². The third-order valence-electron chi connectivity index (χ3n) is 5.72. The van der Waals surface area contributed by atoms with Crippen LogP contribution in [0, 0.1) is 6.92 Å². The third-order valence-corrected chi connectivity index (χ3v) is 5.72. The number of anilines is 1. The van der Waals surface area contributed by atoms with E-state index in [9.17, 15) is 13.9 Å². The topological polar surface area (TPSA) is 93.3 Å². The second kappa shape index (κ2) is 8.27. The van der Waals surface area contributed by atoms with Crippen molar-refractivity contribution in [3.63, 3.8) is 0 Å². The first kappa shape index (κ1) is 22.4. The number of rotatable bonds is 7. The average Bonchev–Trinajstić information content (AvgIpc) is 3.18. The van der Waals surface area contributed by atoms with E-state index in [-0.39, 0.29) is 42.8 Å². The summed E-state index contributed by atoms with van der Waals surface area (Å²) in [6, 6.07) is 5.71. The number of fused-ring (bicyclic) bond motifs is 1. The Bertz CT molecular complexity index is 1120. The number of pyridine rings is 1. The summed E-state index contributed by atoms with van der Waals surface area (Å²) in [5.74, 6) is 0.867.